The van der Waals surface area contributed by atoms with Crippen LogP contribution < -0.4 is 16.4 Å². The van der Waals surface area contributed by atoms with E-state index in [2.05, 4.69) is 28.0 Å². The number of carbonyl (C=O) groups is 4. The van der Waals surface area contributed by atoms with Crippen LogP contribution in [-0.4, -0.2) is 42.5 Å². The molecule has 0 radical (unpaired) electrons. The summed E-state index contributed by atoms with van der Waals surface area (Å²) in [4.78, 5) is 48.5. The summed E-state index contributed by atoms with van der Waals surface area (Å²) >= 11 is 4.00. The van der Waals surface area contributed by atoms with Gasteiger partial charge in [0.15, 0.2) is 5.78 Å². The molecule has 0 fully saturated rings. The zero-order chi connectivity index (χ0) is 22.1. The fourth-order valence-corrected chi connectivity index (χ4v) is 2.68. The molecule has 30 heavy (non-hydrogen) atoms. The molecule has 158 valence electrons. The van der Waals surface area contributed by atoms with Crippen LogP contribution in [-0.2, 0) is 19.1 Å². The molecule has 2 aromatic rings. The standard InChI is InChI=1S/C21H23N3O5S/c1-29-19(26)10-9-18(25)24-17-8-7-14(23-21(28)16(22)12-30)11-15(17)20(27)13-5-3-2-4-6-13/h2-8,11,16,30H,9-10,12,22H2,1H3,(H,23,28)(H,24,25)/t16-/m0/s1. The Balaban J connectivity index is 2.31. The molecule has 2 rings (SSSR count). The number of nitrogens with one attached hydrogen (secondary N) is 2. The summed E-state index contributed by atoms with van der Waals surface area (Å²) in [7, 11) is 1.24. The lowest BCUT2D eigenvalue weighted by molar-refractivity contribution is -0.141. The maximum absolute atomic E-state index is 13.0. The van der Waals surface area contributed by atoms with Gasteiger partial charge in [0.2, 0.25) is 11.8 Å². The fourth-order valence-electron chi connectivity index (χ4n) is 2.51. The number of ketones is 1. The van der Waals surface area contributed by atoms with Gasteiger partial charge < -0.3 is 21.1 Å². The highest BCUT2D eigenvalue weighted by Gasteiger charge is 2.18. The molecule has 0 unspecified atom stereocenters. The van der Waals surface area contributed by atoms with Gasteiger partial charge in [-0.3, -0.25) is 19.2 Å². The van der Waals surface area contributed by atoms with Crippen molar-refractivity contribution in [3.63, 3.8) is 0 Å². The number of methoxy groups -OCH3 is 1. The predicted octanol–water partition coefficient (Wildman–Crippen LogP) is 2.00. The molecule has 0 aliphatic rings. The first-order valence-corrected chi connectivity index (χ1v) is 9.76. The lowest BCUT2D eigenvalue weighted by Crippen LogP contribution is -2.37. The summed E-state index contributed by atoms with van der Waals surface area (Å²) in [5.41, 5.74) is 6.88. The first-order valence-electron chi connectivity index (χ1n) is 9.13. The molecule has 0 saturated carbocycles. The highest BCUT2D eigenvalue weighted by atomic mass is 32.1. The second-order valence-electron chi connectivity index (χ2n) is 6.36. The van der Waals surface area contributed by atoms with Crippen LogP contribution in [0.3, 0.4) is 0 Å². The molecule has 2 amide bonds. The van der Waals surface area contributed by atoms with Crippen LogP contribution in [0.1, 0.15) is 28.8 Å². The van der Waals surface area contributed by atoms with Crippen molar-refractivity contribution < 1.29 is 23.9 Å². The molecule has 0 heterocycles. The number of hydrogen-bond acceptors (Lipinski definition) is 7. The van der Waals surface area contributed by atoms with E-state index in [1.165, 1.54) is 19.2 Å². The van der Waals surface area contributed by atoms with Gasteiger partial charge in [-0.15, -0.1) is 0 Å². The van der Waals surface area contributed by atoms with E-state index < -0.39 is 23.8 Å². The summed E-state index contributed by atoms with van der Waals surface area (Å²) in [5.74, 6) is -1.58. The van der Waals surface area contributed by atoms with Crippen molar-refractivity contribution in [2.75, 3.05) is 23.5 Å². The minimum absolute atomic E-state index is 0.0833. The maximum atomic E-state index is 13.0. The van der Waals surface area contributed by atoms with E-state index in [0.717, 1.165) is 0 Å². The smallest absolute Gasteiger partial charge is 0.306 e. The highest BCUT2D eigenvalue weighted by Crippen LogP contribution is 2.24. The van der Waals surface area contributed by atoms with E-state index in [4.69, 9.17) is 5.73 Å². The number of ether oxygens (including phenoxy) is 1. The number of amides is 2. The molecule has 0 aromatic heterocycles. The molecule has 8 nitrogen and oxygen atoms in total. The lowest BCUT2D eigenvalue weighted by Gasteiger charge is -2.14. The quantitative estimate of drug-likeness (QED) is 0.274. The van der Waals surface area contributed by atoms with Crippen molar-refractivity contribution in [3.05, 3.63) is 59.7 Å². The highest BCUT2D eigenvalue weighted by molar-refractivity contribution is 7.80. The van der Waals surface area contributed by atoms with Crippen LogP contribution in [0.25, 0.3) is 0 Å². The van der Waals surface area contributed by atoms with Gasteiger partial charge >= 0.3 is 5.97 Å². The van der Waals surface area contributed by atoms with Crippen molar-refractivity contribution in [2.45, 2.75) is 18.9 Å². The van der Waals surface area contributed by atoms with Crippen LogP contribution in [0.5, 0.6) is 0 Å². The van der Waals surface area contributed by atoms with Crippen LogP contribution in [0.4, 0.5) is 11.4 Å². The zero-order valence-corrected chi connectivity index (χ0v) is 17.3. The Morgan fingerprint density at radius 2 is 1.73 bits per heavy atom. The second kappa shape index (κ2) is 11.1. The number of benzene rings is 2. The Labute approximate surface area is 179 Å². The average molecular weight is 429 g/mol. The Kier molecular flexibility index (Phi) is 8.57. The van der Waals surface area contributed by atoms with Crippen molar-refractivity contribution >= 4 is 47.6 Å². The third-order valence-electron chi connectivity index (χ3n) is 4.16. The molecule has 1 atom stereocenters. The SMILES string of the molecule is COC(=O)CCC(=O)Nc1ccc(NC(=O)[C@@H](N)CS)cc1C(=O)c1ccccc1. The molecular weight excluding hydrogens is 406 g/mol. The van der Waals surface area contributed by atoms with Gasteiger partial charge in [-0.05, 0) is 18.2 Å². The normalized spacial score (nSPS) is 11.3. The summed E-state index contributed by atoms with van der Waals surface area (Å²) in [6, 6.07) is 12.2. The summed E-state index contributed by atoms with van der Waals surface area (Å²) in [6.07, 6.45) is -0.180. The molecule has 4 N–H and O–H groups in total. The molecule has 0 saturated heterocycles. The van der Waals surface area contributed by atoms with Crippen molar-refractivity contribution in [2.24, 2.45) is 5.73 Å². The van der Waals surface area contributed by atoms with Gasteiger partial charge in [0.25, 0.3) is 0 Å². The van der Waals surface area contributed by atoms with Gasteiger partial charge in [-0.2, -0.15) is 12.6 Å². The predicted molar refractivity (Wildman–Crippen MR) is 117 cm³/mol. The molecular formula is C21H23N3O5S. The van der Waals surface area contributed by atoms with Gasteiger partial charge in [0, 0.05) is 29.0 Å². The topological polar surface area (TPSA) is 128 Å². The lowest BCUT2D eigenvalue weighted by atomic mass is 10.0. The monoisotopic (exact) mass is 429 g/mol. The number of rotatable bonds is 9. The van der Waals surface area contributed by atoms with Gasteiger partial charge in [0.1, 0.15) is 0 Å². The minimum atomic E-state index is -0.806. The number of esters is 1. The van der Waals surface area contributed by atoms with E-state index >= 15 is 0 Å². The molecule has 0 aliphatic heterocycles. The molecule has 0 bridgehead atoms. The molecule has 0 aliphatic carbocycles. The number of thiol groups is 1. The molecule has 9 heteroatoms. The minimum Gasteiger partial charge on any atom is -0.469 e. The van der Waals surface area contributed by atoms with Gasteiger partial charge in [-0.25, -0.2) is 0 Å². The average Bonchev–Trinajstić information content (AvgIpc) is 2.77. The van der Waals surface area contributed by atoms with E-state index in [0.29, 0.717) is 11.3 Å². The Morgan fingerprint density at radius 3 is 2.37 bits per heavy atom. The second-order valence-corrected chi connectivity index (χ2v) is 6.72. The molecule has 2 aromatic carbocycles. The third kappa shape index (κ3) is 6.43. The van der Waals surface area contributed by atoms with E-state index in [1.54, 1.807) is 36.4 Å². The number of anilines is 2. The van der Waals surface area contributed by atoms with Crippen molar-refractivity contribution in [1.82, 2.24) is 0 Å². The summed E-state index contributed by atoms with van der Waals surface area (Å²) in [6.45, 7) is 0. The fraction of sp³-hybridized carbons (Fsp3) is 0.238. The number of carbonyl (C=O) groups excluding carboxylic acids is 4. The van der Waals surface area contributed by atoms with E-state index in [1.807, 2.05) is 0 Å². The van der Waals surface area contributed by atoms with Crippen LogP contribution in [0, 0.1) is 0 Å². The Bertz CT molecular complexity index is 933. The third-order valence-corrected chi connectivity index (χ3v) is 4.55. The van der Waals surface area contributed by atoms with E-state index in [9.17, 15) is 19.2 Å². The van der Waals surface area contributed by atoms with Crippen molar-refractivity contribution in [3.8, 4) is 0 Å². The summed E-state index contributed by atoms with van der Waals surface area (Å²) in [5, 5.41) is 5.27. The first kappa shape index (κ1) is 23.1. The first-order chi connectivity index (χ1) is 14.3. The van der Waals surface area contributed by atoms with Crippen LogP contribution in [0.2, 0.25) is 0 Å². The zero-order valence-electron chi connectivity index (χ0n) is 16.4. The van der Waals surface area contributed by atoms with Gasteiger partial charge in [-0.1, -0.05) is 30.3 Å². The van der Waals surface area contributed by atoms with Crippen molar-refractivity contribution in [1.29, 1.82) is 0 Å². The largest absolute Gasteiger partial charge is 0.469 e. The Morgan fingerprint density at radius 1 is 1.03 bits per heavy atom. The van der Waals surface area contributed by atoms with Crippen LogP contribution in [0.15, 0.2) is 48.5 Å². The number of nitrogens with two attached hydrogens (primary N) is 1. The maximum Gasteiger partial charge on any atom is 0.306 e. The molecule has 0 spiro atoms. The van der Waals surface area contributed by atoms with E-state index in [-0.39, 0.29) is 35.6 Å². The van der Waals surface area contributed by atoms with Crippen LogP contribution >= 0.6 is 12.6 Å². The Hall–Kier alpha value is -3.17. The number of hydrogen-bond donors (Lipinski definition) is 4. The summed E-state index contributed by atoms with van der Waals surface area (Å²) < 4.78 is 4.52. The van der Waals surface area contributed by atoms with Gasteiger partial charge in [0.05, 0.1) is 25.3 Å².